The number of ketones is 1. The Balaban J connectivity index is 2.07. The van der Waals surface area contributed by atoms with Gasteiger partial charge in [0, 0.05) is 17.9 Å². The fourth-order valence-corrected chi connectivity index (χ4v) is 4.91. The quantitative estimate of drug-likeness (QED) is 0.531. The molecule has 3 rings (SSSR count). The van der Waals surface area contributed by atoms with Gasteiger partial charge in [-0.2, -0.15) is 0 Å². The molecule has 2 atom stereocenters. The lowest BCUT2D eigenvalue weighted by atomic mass is 9.69. The number of Topliss-reactive ketones (excluding diaryl/α,β-unsaturated/α-hetero) is 1. The molecular weight excluding hydrogens is 414 g/mol. The number of nitrogens with zero attached hydrogens (tertiary/aromatic N) is 1. The summed E-state index contributed by atoms with van der Waals surface area (Å²) in [6, 6.07) is 19.6. The standard InChI is InChI=1S/C28H35NO4/c1-4-27(2,3)24(30)25(31)29-20-12-11-19-28(29,26(32)33)23(22-15-9-6-10-16-22)18-17-21-13-7-5-8-14-21/h5-10,13-16,23H,4,11-12,17-20H2,1-3H3,(H,32,33)/t23?,28-/m0/s1. The van der Waals surface area contributed by atoms with Crippen molar-refractivity contribution in [3.63, 3.8) is 0 Å². The summed E-state index contributed by atoms with van der Waals surface area (Å²) in [6.07, 6.45) is 3.50. The van der Waals surface area contributed by atoms with Crippen molar-refractivity contribution in [1.82, 2.24) is 4.90 Å². The van der Waals surface area contributed by atoms with Crippen LogP contribution in [-0.4, -0.2) is 39.7 Å². The van der Waals surface area contributed by atoms with Crippen molar-refractivity contribution in [1.29, 1.82) is 0 Å². The van der Waals surface area contributed by atoms with E-state index >= 15 is 0 Å². The topological polar surface area (TPSA) is 74.7 Å². The molecule has 1 heterocycles. The molecule has 1 amide bonds. The second kappa shape index (κ2) is 10.3. The molecule has 5 nitrogen and oxygen atoms in total. The molecule has 1 unspecified atom stereocenters. The summed E-state index contributed by atoms with van der Waals surface area (Å²) in [5.74, 6) is -2.63. The van der Waals surface area contributed by atoms with Crippen LogP contribution >= 0.6 is 0 Å². The summed E-state index contributed by atoms with van der Waals surface area (Å²) in [4.78, 5) is 41.2. The van der Waals surface area contributed by atoms with Crippen LogP contribution in [0.4, 0.5) is 0 Å². The third kappa shape index (κ3) is 5.02. The number of aryl methyl sites for hydroxylation is 1. The molecule has 2 aromatic rings. The number of amides is 1. The second-order valence-corrected chi connectivity index (χ2v) is 9.70. The molecule has 0 bridgehead atoms. The maximum atomic E-state index is 13.5. The fraction of sp³-hybridized carbons (Fsp3) is 0.464. The normalized spacial score (nSPS) is 19.7. The van der Waals surface area contributed by atoms with E-state index in [-0.39, 0.29) is 6.54 Å². The van der Waals surface area contributed by atoms with Gasteiger partial charge in [-0.05, 0) is 49.7 Å². The predicted octanol–water partition coefficient (Wildman–Crippen LogP) is 5.24. The first kappa shape index (κ1) is 24.7. The highest BCUT2D eigenvalue weighted by Gasteiger charge is 2.55. The number of benzene rings is 2. The van der Waals surface area contributed by atoms with Crippen LogP contribution in [0.3, 0.4) is 0 Å². The zero-order chi connectivity index (χ0) is 24.1. The van der Waals surface area contributed by atoms with Crippen molar-refractivity contribution in [3.05, 3.63) is 71.8 Å². The molecule has 176 valence electrons. The van der Waals surface area contributed by atoms with Gasteiger partial charge in [0.15, 0.2) is 0 Å². The van der Waals surface area contributed by atoms with E-state index in [4.69, 9.17) is 0 Å². The van der Waals surface area contributed by atoms with Crippen molar-refractivity contribution in [2.75, 3.05) is 6.54 Å². The van der Waals surface area contributed by atoms with E-state index in [0.29, 0.717) is 38.5 Å². The van der Waals surface area contributed by atoms with Crippen LogP contribution in [0.25, 0.3) is 0 Å². The average Bonchev–Trinajstić information content (AvgIpc) is 2.84. The Kier molecular flexibility index (Phi) is 7.72. The zero-order valence-electron chi connectivity index (χ0n) is 19.9. The van der Waals surface area contributed by atoms with E-state index < -0.39 is 34.5 Å². The molecule has 0 aromatic heterocycles. The molecule has 0 saturated carbocycles. The van der Waals surface area contributed by atoms with Gasteiger partial charge in [-0.25, -0.2) is 4.79 Å². The summed E-state index contributed by atoms with van der Waals surface area (Å²) in [5.41, 5.74) is -0.274. The van der Waals surface area contributed by atoms with Crippen LogP contribution < -0.4 is 0 Å². The molecule has 0 spiro atoms. The minimum Gasteiger partial charge on any atom is -0.479 e. The largest absolute Gasteiger partial charge is 0.479 e. The van der Waals surface area contributed by atoms with Crippen molar-refractivity contribution in [2.45, 2.75) is 70.8 Å². The number of carboxylic acids is 1. The molecule has 5 heteroatoms. The minimum absolute atomic E-state index is 0.283. The van der Waals surface area contributed by atoms with Gasteiger partial charge < -0.3 is 10.0 Å². The Labute approximate surface area is 196 Å². The minimum atomic E-state index is -1.45. The molecule has 1 N–H and O–H groups in total. The first-order valence-corrected chi connectivity index (χ1v) is 11.9. The molecule has 1 fully saturated rings. The lowest BCUT2D eigenvalue weighted by molar-refractivity contribution is -0.168. The molecule has 1 aliphatic heterocycles. The summed E-state index contributed by atoms with van der Waals surface area (Å²) in [7, 11) is 0. The lowest BCUT2D eigenvalue weighted by Gasteiger charge is -2.49. The lowest BCUT2D eigenvalue weighted by Crippen LogP contribution is -2.64. The number of likely N-dealkylation sites (tertiary alicyclic amines) is 1. The highest BCUT2D eigenvalue weighted by atomic mass is 16.4. The van der Waals surface area contributed by atoms with Crippen LogP contribution in [0.1, 0.15) is 69.9 Å². The zero-order valence-corrected chi connectivity index (χ0v) is 19.9. The molecule has 1 saturated heterocycles. The van der Waals surface area contributed by atoms with Gasteiger partial charge in [0.25, 0.3) is 5.91 Å². The van der Waals surface area contributed by atoms with E-state index in [9.17, 15) is 19.5 Å². The predicted molar refractivity (Wildman–Crippen MR) is 129 cm³/mol. The average molecular weight is 450 g/mol. The smallest absolute Gasteiger partial charge is 0.330 e. The SMILES string of the molecule is CCC(C)(C)C(=O)C(=O)N1CCCC[C@@]1(C(=O)O)C(CCc1ccccc1)c1ccccc1. The van der Waals surface area contributed by atoms with Crippen molar-refractivity contribution in [3.8, 4) is 0 Å². The number of hydrogen-bond donors (Lipinski definition) is 1. The van der Waals surface area contributed by atoms with E-state index in [1.165, 1.54) is 4.90 Å². The fourth-order valence-electron chi connectivity index (χ4n) is 4.91. The monoisotopic (exact) mass is 449 g/mol. The molecule has 1 aliphatic rings. The number of piperidine rings is 1. The Bertz CT molecular complexity index is 970. The van der Waals surface area contributed by atoms with Crippen LogP contribution in [0, 0.1) is 5.41 Å². The van der Waals surface area contributed by atoms with Crippen LogP contribution in [0.15, 0.2) is 60.7 Å². The molecule has 2 aromatic carbocycles. The number of hydrogen-bond acceptors (Lipinski definition) is 3. The van der Waals surface area contributed by atoms with Gasteiger partial charge in [0.1, 0.15) is 5.54 Å². The summed E-state index contributed by atoms with van der Waals surface area (Å²) in [5, 5.41) is 10.7. The van der Waals surface area contributed by atoms with Gasteiger partial charge in [0.2, 0.25) is 5.78 Å². The Morgan fingerprint density at radius 2 is 1.61 bits per heavy atom. The molecule has 0 radical (unpaired) electrons. The first-order valence-electron chi connectivity index (χ1n) is 11.9. The number of rotatable bonds is 9. The molecule has 33 heavy (non-hydrogen) atoms. The highest BCUT2D eigenvalue weighted by Crippen LogP contribution is 2.44. The molecule has 0 aliphatic carbocycles. The maximum absolute atomic E-state index is 13.5. The number of carbonyl (C=O) groups excluding carboxylic acids is 2. The van der Waals surface area contributed by atoms with Crippen molar-refractivity contribution < 1.29 is 19.5 Å². The second-order valence-electron chi connectivity index (χ2n) is 9.70. The Hall–Kier alpha value is -2.95. The van der Waals surface area contributed by atoms with Crippen LogP contribution in [0.5, 0.6) is 0 Å². The third-order valence-corrected chi connectivity index (χ3v) is 7.32. The van der Waals surface area contributed by atoms with Crippen LogP contribution in [-0.2, 0) is 20.8 Å². The Morgan fingerprint density at radius 3 is 2.18 bits per heavy atom. The van der Waals surface area contributed by atoms with Gasteiger partial charge >= 0.3 is 5.97 Å². The van der Waals surface area contributed by atoms with E-state index in [1.54, 1.807) is 13.8 Å². The van der Waals surface area contributed by atoms with Crippen molar-refractivity contribution in [2.24, 2.45) is 5.41 Å². The third-order valence-electron chi connectivity index (χ3n) is 7.32. The van der Waals surface area contributed by atoms with Gasteiger partial charge in [-0.1, -0.05) is 81.4 Å². The highest BCUT2D eigenvalue weighted by molar-refractivity contribution is 6.38. The number of carbonyl (C=O) groups is 3. The van der Waals surface area contributed by atoms with Gasteiger partial charge in [0.05, 0.1) is 0 Å². The summed E-state index contributed by atoms with van der Waals surface area (Å²) < 4.78 is 0. The first-order chi connectivity index (χ1) is 15.7. The number of aliphatic carboxylic acids is 1. The Morgan fingerprint density at radius 1 is 1.00 bits per heavy atom. The van der Waals surface area contributed by atoms with E-state index in [2.05, 4.69) is 0 Å². The number of carboxylic acid groups (broad SMARTS) is 1. The van der Waals surface area contributed by atoms with E-state index in [0.717, 1.165) is 11.1 Å². The van der Waals surface area contributed by atoms with Crippen LogP contribution in [0.2, 0.25) is 0 Å². The van der Waals surface area contributed by atoms with Gasteiger partial charge in [-0.15, -0.1) is 0 Å². The maximum Gasteiger partial charge on any atom is 0.330 e. The van der Waals surface area contributed by atoms with Crippen molar-refractivity contribution >= 4 is 17.7 Å². The summed E-state index contributed by atoms with van der Waals surface area (Å²) in [6.45, 7) is 5.66. The summed E-state index contributed by atoms with van der Waals surface area (Å²) >= 11 is 0. The molecular formula is C28H35NO4. The van der Waals surface area contributed by atoms with Gasteiger partial charge in [-0.3, -0.25) is 9.59 Å². The van der Waals surface area contributed by atoms with E-state index in [1.807, 2.05) is 67.6 Å².